The number of aromatic amines is 1. The van der Waals surface area contributed by atoms with Gasteiger partial charge in [0.1, 0.15) is 5.82 Å². The summed E-state index contributed by atoms with van der Waals surface area (Å²) in [6.07, 6.45) is 0. The van der Waals surface area contributed by atoms with Crippen molar-refractivity contribution in [3.8, 4) is 0 Å². The molecule has 0 atom stereocenters. The fraction of sp³-hybridized carbons (Fsp3) is 0.286. The molecule has 0 bridgehead atoms. The molecular formula is C21H21ClN4O3. The predicted octanol–water partition coefficient (Wildman–Crippen LogP) is 2.69. The van der Waals surface area contributed by atoms with Crippen molar-refractivity contribution in [2.24, 2.45) is 0 Å². The van der Waals surface area contributed by atoms with Crippen LogP contribution >= 0.6 is 11.6 Å². The minimum absolute atomic E-state index is 0.212. The SMILES string of the molecule is COC(=O)c1ccc2c(=O)[nH]c(CN3CCN(c4ccccc4Cl)CC3)nc2c1. The summed E-state index contributed by atoms with van der Waals surface area (Å²) in [5, 5.41) is 1.20. The molecule has 3 aromatic rings. The third-order valence-corrected chi connectivity index (χ3v) is 5.44. The van der Waals surface area contributed by atoms with Crippen molar-refractivity contribution >= 4 is 34.2 Å². The van der Waals surface area contributed by atoms with E-state index < -0.39 is 5.97 Å². The Morgan fingerprint density at radius 1 is 1.17 bits per heavy atom. The van der Waals surface area contributed by atoms with Crippen LogP contribution in [0.5, 0.6) is 0 Å². The zero-order chi connectivity index (χ0) is 20.4. The number of carbonyl (C=O) groups excluding carboxylic acids is 1. The van der Waals surface area contributed by atoms with Crippen LogP contribution in [0.3, 0.4) is 0 Å². The molecule has 4 rings (SSSR count). The molecule has 0 aliphatic carbocycles. The van der Waals surface area contributed by atoms with E-state index in [0.29, 0.717) is 28.8 Å². The molecule has 1 saturated heterocycles. The van der Waals surface area contributed by atoms with E-state index in [2.05, 4.69) is 19.8 Å². The second-order valence-electron chi connectivity index (χ2n) is 6.95. The molecule has 0 unspecified atom stereocenters. The summed E-state index contributed by atoms with van der Waals surface area (Å²) in [4.78, 5) is 36.1. The first-order chi connectivity index (χ1) is 14.0. The van der Waals surface area contributed by atoms with E-state index in [1.807, 2.05) is 24.3 Å². The first-order valence-corrected chi connectivity index (χ1v) is 9.76. The molecule has 1 aromatic heterocycles. The van der Waals surface area contributed by atoms with Crippen LogP contribution in [0.4, 0.5) is 5.69 Å². The molecule has 8 heteroatoms. The Kier molecular flexibility index (Phi) is 5.51. The first-order valence-electron chi connectivity index (χ1n) is 9.38. The number of hydrogen-bond acceptors (Lipinski definition) is 6. The number of para-hydroxylation sites is 1. The van der Waals surface area contributed by atoms with Crippen LogP contribution in [-0.4, -0.2) is 54.1 Å². The maximum atomic E-state index is 12.4. The van der Waals surface area contributed by atoms with Gasteiger partial charge in [-0.3, -0.25) is 9.69 Å². The molecule has 1 fully saturated rings. The Balaban J connectivity index is 1.49. The van der Waals surface area contributed by atoms with Gasteiger partial charge in [0, 0.05) is 26.2 Å². The number of esters is 1. The molecule has 150 valence electrons. The molecule has 0 spiro atoms. The lowest BCUT2D eigenvalue weighted by Crippen LogP contribution is -2.46. The topological polar surface area (TPSA) is 78.5 Å². The number of carbonyl (C=O) groups is 1. The molecule has 1 aliphatic heterocycles. The highest BCUT2D eigenvalue weighted by molar-refractivity contribution is 6.33. The van der Waals surface area contributed by atoms with Crippen LogP contribution in [0.15, 0.2) is 47.3 Å². The van der Waals surface area contributed by atoms with E-state index >= 15 is 0 Å². The Labute approximate surface area is 172 Å². The van der Waals surface area contributed by atoms with Crippen LogP contribution in [0.25, 0.3) is 10.9 Å². The van der Waals surface area contributed by atoms with Crippen molar-refractivity contribution < 1.29 is 9.53 Å². The van der Waals surface area contributed by atoms with E-state index in [0.717, 1.165) is 36.9 Å². The van der Waals surface area contributed by atoms with E-state index in [4.69, 9.17) is 16.3 Å². The number of hydrogen-bond donors (Lipinski definition) is 1. The zero-order valence-electron chi connectivity index (χ0n) is 16.0. The van der Waals surface area contributed by atoms with Crippen LogP contribution in [-0.2, 0) is 11.3 Å². The maximum Gasteiger partial charge on any atom is 0.337 e. The Bertz CT molecular complexity index is 1110. The average Bonchev–Trinajstić information content (AvgIpc) is 2.74. The van der Waals surface area contributed by atoms with Gasteiger partial charge in [-0.15, -0.1) is 0 Å². The average molecular weight is 413 g/mol. The highest BCUT2D eigenvalue weighted by Crippen LogP contribution is 2.26. The monoisotopic (exact) mass is 412 g/mol. The van der Waals surface area contributed by atoms with Gasteiger partial charge in [-0.25, -0.2) is 9.78 Å². The lowest BCUT2D eigenvalue weighted by atomic mass is 10.1. The Morgan fingerprint density at radius 3 is 2.66 bits per heavy atom. The second-order valence-corrected chi connectivity index (χ2v) is 7.36. The zero-order valence-corrected chi connectivity index (χ0v) is 16.8. The summed E-state index contributed by atoms with van der Waals surface area (Å²) in [5.74, 6) is 0.127. The number of nitrogens with zero attached hydrogens (tertiary/aromatic N) is 3. The molecule has 7 nitrogen and oxygen atoms in total. The van der Waals surface area contributed by atoms with Crippen LogP contribution < -0.4 is 10.5 Å². The molecule has 2 heterocycles. The van der Waals surface area contributed by atoms with Crippen LogP contribution in [0.1, 0.15) is 16.2 Å². The van der Waals surface area contributed by atoms with Gasteiger partial charge < -0.3 is 14.6 Å². The van der Waals surface area contributed by atoms with Crippen molar-refractivity contribution in [2.75, 3.05) is 38.2 Å². The smallest absolute Gasteiger partial charge is 0.337 e. The van der Waals surface area contributed by atoms with Gasteiger partial charge in [-0.05, 0) is 30.3 Å². The van der Waals surface area contributed by atoms with Gasteiger partial charge in [0.05, 0.1) is 40.8 Å². The Hall–Kier alpha value is -2.90. The number of anilines is 1. The summed E-state index contributed by atoms with van der Waals surface area (Å²) in [6.45, 7) is 3.87. The van der Waals surface area contributed by atoms with Crippen molar-refractivity contribution in [3.05, 3.63) is 69.2 Å². The quantitative estimate of drug-likeness (QED) is 0.664. The lowest BCUT2D eigenvalue weighted by Gasteiger charge is -2.36. The fourth-order valence-electron chi connectivity index (χ4n) is 3.57. The lowest BCUT2D eigenvalue weighted by molar-refractivity contribution is 0.0601. The number of nitrogens with one attached hydrogen (secondary N) is 1. The maximum absolute atomic E-state index is 12.4. The fourth-order valence-corrected chi connectivity index (χ4v) is 3.83. The number of fused-ring (bicyclic) bond motifs is 1. The molecular weight excluding hydrogens is 392 g/mol. The largest absolute Gasteiger partial charge is 0.465 e. The van der Waals surface area contributed by atoms with Crippen LogP contribution in [0, 0.1) is 0 Å². The third kappa shape index (κ3) is 4.11. The van der Waals surface area contributed by atoms with Gasteiger partial charge >= 0.3 is 5.97 Å². The molecule has 1 N–H and O–H groups in total. The van der Waals surface area contributed by atoms with Crippen molar-refractivity contribution in [2.45, 2.75) is 6.54 Å². The van der Waals surface area contributed by atoms with Crippen molar-refractivity contribution in [1.82, 2.24) is 14.9 Å². The summed E-state index contributed by atoms with van der Waals surface area (Å²) in [5.41, 5.74) is 1.69. The standard InChI is InChI=1S/C21H21ClN4O3/c1-29-21(28)14-6-7-15-17(12-14)23-19(24-20(15)27)13-25-8-10-26(11-9-25)18-5-3-2-4-16(18)22/h2-7,12H,8-11,13H2,1H3,(H,23,24,27). The number of methoxy groups -OCH3 is 1. The molecule has 29 heavy (non-hydrogen) atoms. The predicted molar refractivity (Wildman–Crippen MR) is 113 cm³/mol. The number of piperazine rings is 1. The van der Waals surface area contributed by atoms with E-state index in [1.54, 1.807) is 18.2 Å². The highest BCUT2D eigenvalue weighted by atomic mass is 35.5. The highest BCUT2D eigenvalue weighted by Gasteiger charge is 2.20. The Morgan fingerprint density at radius 2 is 1.93 bits per heavy atom. The van der Waals surface area contributed by atoms with E-state index in [9.17, 15) is 9.59 Å². The molecule has 0 saturated carbocycles. The summed E-state index contributed by atoms with van der Waals surface area (Å²) >= 11 is 6.30. The minimum Gasteiger partial charge on any atom is -0.465 e. The van der Waals surface area contributed by atoms with Crippen molar-refractivity contribution in [3.63, 3.8) is 0 Å². The third-order valence-electron chi connectivity index (χ3n) is 5.12. The van der Waals surface area contributed by atoms with Gasteiger partial charge in [0.2, 0.25) is 0 Å². The van der Waals surface area contributed by atoms with Crippen molar-refractivity contribution in [1.29, 1.82) is 0 Å². The number of aromatic nitrogens is 2. The molecule has 2 aromatic carbocycles. The molecule has 1 aliphatic rings. The van der Waals surface area contributed by atoms with Gasteiger partial charge in [0.15, 0.2) is 0 Å². The summed E-state index contributed by atoms with van der Waals surface area (Å²) in [6, 6.07) is 12.6. The van der Waals surface area contributed by atoms with E-state index in [-0.39, 0.29) is 5.56 Å². The van der Waals surface area contributed by atoms with Gasteiger partial charge in [0.25, 0.3) is 5.56 Å². The van der Waals surface area contributed by atoms with Gasteiger partial charge in [-0.2, -0.15) is 0 Å². The summed E-state index contributed by atoms with van der Waals surface area (Å²) < 4.78 is 4.75. The normalized spacial score (nSPS) is 14.9. The molecule has 0 amide bonds. The summed E-state index contributed by atoms with van der Waals surface area (Å²) in [7, 11) is 1.32. The minimum atomic E-state index is -0.453. The van der Waals surface area contributed by atoms with E-state index in [1.165, 1.54) is 7.11 Å². The first kappa shape index (κ1) is 19.4. The van der Waals surface area contributed by atoms with Gasteiger partial charge in [-0.1, -0.05) is 23.7 Å². The number of ether oxygens (including phenoxy) is 1. The number of H-pyrrole nitrogens is 1. The second kappa shape index (κ2) is 8.23. The molecule has 0 radical (unpaired) electrons. The van der Waals surface area contributed by atoms with Crippen LogP contribution in [0.2, 0.25) is 5.02 Å². The number of halogens is 1. The number of benzene rings is 2. The number of rotatable bonds is 4.